The maximum absolute atomic E-state index is 10.9. The monoisotopic (exact) mass is 277 g/mol. The van der Waals surface area contributed by atoms with E-state index < -0.39 is 5.97 Å². The topological polar surface area (TPSA) is 79.6 Å². The Kier molecular flexibility index (Phi) is 5.39. The van der Waals surface area contributed by atoms with Gasteiger partial charge in [-0.15, -0.1) is 0 Å². The van der Waals surface area contributed by atoms with Crippen LogP contribution in [0.3, 0.4) is 0 Å². The Morgan fingerprint density at radius 1 is 1.40 bits per heavy atom. The molecular weight excluding hydrogens is 258 g/mol. The lowest BCUT2D eigenvalue weighted by Crippen LogP contribution is -2.10. The van der Waals surface area contributed by atoms with Crippen molar-refractivity contribution in [1.82, 2.24) is 0 Å². The Balaban J connectivity index is 2.65. The third-order valence-corrected chi connectivity index (χ3v) is 2.92. The quantitative estimate of drug-likeness (QED) is 0.775. The second-order valence-electron chi connectivity index (χ2n) is 5.12. The van der Waals surface area contributed by atoms with Crippen LogP contribution in [0.4, 0.5) is 0 Å². The predicted molar refractivity (Wildman–Crippen MR) is 74.1 cm³/mol. The third-order valence-electron chi connectivity index (χ3n) is 2.92. The second-order valence-corrected chi connectivity index (χ2v) is 5.12. The number of aromatic carboxylic acids is 1. The number of carbonyl (C=O) groups is 1. The van der Waals surface area contributed by atoms with E-state index in [9.17, 15) is 4.79 Å². The Hall–Kier alpha value is -2.22. The molecule has 0 spiro atoms. The van der Waals surface area contributed by atoms with E-state index in [1.54, 1.807) is 6.07 Å². The van der Waals surface area contributed by atoms with Gasteiger partial charge >= 0.3 is 5.97 Å². The van der Waals surface area contributed by atoms with Crippen LogP contribution in [0.2, 0.25) is 0 Å². The molecule has 0 unspecified atom stereocenters. The largest absolute Gasteiger partial charge is 0.493 e. The van der Waals surface area contributed by atoms with Crippen LogP contribution >= 0.6 is 0 Å². The Morgan fingerprint density at radius 3 is 2.65 bits per heavy atom. The summed E-state index contributed by atoms with van der Waals surface area (Å²) in [6.07, 6.45) is 1.42. The van der Waals surface area contributed by atoms with Gasteiger partial charge in [0.05, 0.1) is 30.8 Å². The molecule has 20 heavy (non-hydrogen) atoms. The zero-order valence-corrected chi connectivity index (χ0v) is 12.0. The van der Waals surface area contributed by atoms with Crippen LogP contribution in [-0.2, 0) is 0 Å². The fourth-order valence-electron chi connectivity index (χ4n) is 1.67. The molecule has 0 aliphatic heterocycles. The number of benzene rings is 1. The number of carboxylic acid groups (broad SMARTS) is 1. The smallest absolute Gasteiger partial charge is 0.335 e. The first kappa shape index (κ1) is 15.8. The minimum atomic E-state index is -1.01. The van der Waals surface area contributed by atoms with Crippen molar-refractivity contribution < 1.29 is 19.4 Å². The van der Waals surface area contributed by atoms with Gasteiger partial charge in [0.25, 0.3) is 0 Å². The van der Waals surface area contributed by atoms with Crippen molar-refractivity contribution in [3.8, 4) is 17.6 Å². The molecule has 5 heteroatoms. The third kappa shape index (κ3) is 4.47. The van der Waals surface area contributed by atoms with E-state index in [1.807, 2.05) is 13.8 Å². The van der Waals surface area contributed by atoms with E-state index >= 15 is 0 Å². The molecule has 1 aromatic rings. The first-order valence-electron chi connectivity index (χ1n) is 6.35. The Labute approximate surface area is 118 Å². The lowest BCUT2D eigenvalue weighted by molar-refractivity contribution is 0.0696. The summed E-state index contributed by atoms with van der Waals surface area (Å²) in [7, 11) is 1.50. The van der Waals surface area contributed by atoms with Gasteiger partial charge in [-0.2, -0.15) is 5.26 Å². The minimum absolute atomic E-state index is 0.151. The van der Waals surface area contributed by atoms with E-state index in [0.717, 1.165) is 0 Å². The van der Waals surface area contributed by atoms with Crippen LogP contribution in [0.5, 0.6) is 11.5 Å². The van der Waals surface area contributed by atoms with Gasteiger partial charge in [0.1, 0.15) is 0 Å². The van der Waals surface area contributed by atoms with Crippen molar-refractivity contribution in [1.29, 1.82) is 5.26 Å². The fourth-order valence-corrected chi connectivity index (χ4v) is 1.67. The molecule has 0 radical (unpaired) electrons. The van der Waals surface area contributed by atoms with Crippen molar-refractivity contribution in [3.63, 3.8) is 0 Å². The molecule has 0 amide bonds. The van der Waals surface area contributed by atoms with Crippen LogP contribution in [0, 0.1) is 16.7 Å². The molecule has 1 rings (SSSR count). The summed E-state index contributed by atoms with van der Waals surface area (Å²) in [5.41, 5.74) is -0.228. The highest BCUT2D eigenvalue weighted by atomic mass is 16.5. The van der Waals surface area contributed by atoms with Crippen molar-refractivity contribution in [2.75, 3.05) is 13.7 Å². The average Bonchev–Trinajstić information content (AvgIpc) is 2.43. The number of ether oxygens (including phenoxy) is 2. The fraction of sp³-hybridized carbons (Fsp3) is 0.467. The van der Waals surface area contributed by atoms with Gasteiger partial charge in [-0.3, -0.25) is 0 Å². The molecule has 0 aliphatic carbocycles. The zero-order valence-electron chi connectivity index (χ0n) is 12.0. The number of hydrogen-bond acceptors (Lipinski definition) is 4. The van der Waals surface area contributed by atoms with Crippen LogP contribution in [0.15, 0.2) is 18.2 Å². The lowest BCUT2D eigenvalue weighted by Gasteiger charge is -2.15. The summed E-state index contributed by atoms with van der Waals surface area (Å²) in [6, 6.07) is 6.70. The van der Waals surface area contributed by atoms with Gasteiger partial charge in [0.2, 0.25) is 0 Å². The Bertz CT molecular complexity index is 517. The molecular formula is C15H19NO4. The van der Waals surface area contributed by atoms with Crippen LogP contribution in [0.25, 0.3) is 0 Å². The number of nitrogens with zero attached hydrogens (tertiary/aromatic N) is 1. The molecule has 0 atom stereocenters. The standard InChI is InChI=1S/C15H19NO4/c1-15(2,10-16)7-4-8-20-13-9-11(14(17)18)5-6-12(13)19-3/h5-6,9H,4,7-8H2,1-3H3,(H,17,18). The molecule has 0 heterocycles. The molecule has 0 aliphatic rings. The van der Waals surface area contributed by atoms with Crippen molar-refractivity contribution in [3.05, 3.63) is 23.8 Å². The molecule has 0 aromatic heterocycles. The summed E-state index contributed by atoms with van der Waals surface area (Å²) in [5, 5.41) is 17.9. The average molecular weight is 277 g/mol. The highest BCUT2D eigenvalue weighted by Crippen LogP contribution is 2.29. The van der Waals surface area contributed by atoms with Gasteiger partial charge in [-0.1, -0.05) is 0 Å². The molecule has 0 saturated heterocycles. The molecule has 0 fully saturated rings. The van der Waals surface area contributed by atoms with Gasteiger partial charge in [0.15, 0.2) is 11.5 Å². The summed E-state index contributed by atoms with van der Waals surface area (Å²) < 4.78 is 10.7. The van der Waals surface area contributed by atoms with Crippen molar-refractivity contribution >= 4 is 5.97 Å². The van der Waals surface area contributed by atoms with Gasteiger partial charge in [0, 0.05) is 0 Å². The van der Waals surface area contributed by atoms with E-state index in [0.29, 0.717) is 30.9 Å². The van der Waals surface area contributed by atoms with E-state index in [4.69, 9.17) is 19.8 Å². The summed E-state index contributed by atoms with van der Waals surface area (Å²) in [5.74, 6) is -0.111. The maximum Gasteiger partial charge on any atom is 0.335 e. The first-order chi connectivity index (χ1) is 9.39. The van der Waals surface area contributed by atoms with Gasteiger partial charge in [-0.05, 0) is 44.9 Å². The summed E-state index contributed by atoms with van der Waals surface area (Å²) in [6.45, 7) is 4.15. The van der Waals surface area contributed by atoms with E-state index in [1.165, 1.54) is 19.2 Å². The van der Waals surface area contributed by atoms with E-state index in [-0.39, 0.29) is 11.0 Å². The highest BCUT2D eigenvalue weighted by Gasteiger charge is 2.16. The highest BCUT2D eigenvalue weighted by molar-refractivity contribution is 5.88. The SMILES string of the molecule is COc1ccc(C(=O)O)cc1OCCCC(C)(C)C#N. The van der Waals surface area contributed by atoms with Crippen molar-refractivity contribution in [2.45, 2.75) is 26.7 Å². The second kappa shape index (κ2) is 6.80. The zero-order chi connectivity index (χ0) is 15.2. The maximum atomic E-state index is 10.9. The van der Waals surface area contributed by atoms with Gasteiger partial charge < -0.3 is 14.6 Å². The summed E-state index contributed by atoms with van der Waals surface area (Å²) >= 11 is 0. The molecule has 1 N–H and O–H groups in total. The lowest BCUT2D eigenvalue weighted by atomic mass is 9.90. The molecule has 0 bridgehead atoms. The van der Waals surface area contributed by atoms with E-state index in [2.05, 4.69) is 6.07 Å². The normalized spacial score (nSPS) is 10.7. The van der Waals surface area contributed by atoms with Crippen molar-refractivity contribution in [2.24, 2.45) is 5.41 Å². The Morgan fingerprint density at radius 2 is 2.10 bits per heavy atom. The number of carboxylic acids is 1. The predicted octanol–water partition coefficient (Wildman–Crippen LogP) is 3.10. The molecule has 108 valence electrons. The first-order valence-corrected chi connectivity index (χ1v) is 6.35. The summed E-state index contributed by atoms with van der Waals surface area (Å²) in [4.78, 5) is 10.9. The van der Waals surface area contributed by atoms with Crippen LogP contribution in [0.1, 0.15) is 37.0 Å². The van der Waals surface area contributed by atoms with Crippen LogP contribution in [-0.4, -0.2) is 24.8 Å². The molecule has 0 saturated carbocycles. The minimum Gasteiger partial charge on any atom is -0.493 e. The number of hydrogen-bond donors (Lipinski definition) is 1. The van der Waals surface area contributed by atoms with Crippen LogP contribution < -0.4 is 9.47 Å². The number of rotatable bonds is 7. The number of methoxy groups -OCH3 is 1. The number of nitriles is 1. The molecule has 5 nitrogen and oxygen atoms in total. The molecule has 1 aromatic carbocycles. The van der Waals surface area contributed by atoms with Gasteiger partial charge in [-0.25, -0.2) is 4.79 Å².